The van der Waals surface area contributed by atoms with Gasteiger partial charge in [0.25, 0.3) is 5.69 Å². The lowest BCUT2D eigenvalue weighted by Crippen LogP contribution is -2.29. The van der Waals surface area contributed by atoms with Gasteiger partial charge in [-0.15, -0.1) is 0 Å². The summed E-state index contributed by atoms with van der Waals surface area (Å²) in [5.74, 6) is 0.658. The number of nitrogens with zero attached hydrogens (tertiary/aromatic N) is 2. The van der Waals surface area contributed by atoms with Crippen LogP contribution in [0.3, 0.4) is 0 Å². The van der Waals surface area contributed by atoms with Crippen molar-refractivity contribution in [3.63, 3.8) is 0 Å². The summed E-state index contributed by atoms with van der Waals surface area (Å²) in [7, 11) is 1.73. The number of nitro groups is 1. The number of aryl methyl sites for hydroxylation is 2. The molecule has 7 nitrogen and oxygen atoms in total. The van der Waals surface area contributed by atoms with Gasteiger partial charge in [-0.3, -0.25) is 10.1 Å². The number of benzene rings is 1. The molecular formula is C18H23N3O4. The summed E-state index contributed by atoms with van der Waals surface area (Å²) in [6.45, 7) is 3.64. The number of nitrogens with one attached hydrogen (secondary N) is 1. The quantitative estimate of drug-likeness (QED) is 0.644. The molecule has 0 aliphatic heterocycles. The summed E-state index contributed by atoms with van der Waals surface area (Å²) in [5.41, 5.74) is 2.92. The molecule has 7 heteroatoms. The van der Waals surface area contributed by atoms with Crippen LogP contribution in [-0.2, 0) is 4.74 Å². The Labute approximate surface area is 146 Å². The van der Waals surface area contributed by atoms with Crippen molar-refractivity contribution in [2.45, 2.75) is 51.7 Å². The zero-order chi connectivity index (χ0) is 18.0. The van der Waals surface area contributed by atoms with Crippen LogP contribution >= 0.6 is 0 Å². The first-order chi connectivity index (χ1) is 12.0. The molecule has 0 amide bonds. The Morgan fingerprint density at radius 2 is 2.00 bits per heavy atom. The third-order valence-corrected chi connectivity index (χ3v) is 4.88. The van der Waals surface area contributed by atoms with Gasteiger partial charge in [0.2, 0.25) is 0 Å². The lowest BCUT2D eigenvalue weighted by Gasteiger charge is -2.28. The van der Waals surface area contributed by atoms with Gasteiger partial charge in [-0.1, -0.05) is 11.2 Å². The van der Waals surface area contributed by atoms with Gasteiger partial charge in [0, 0.05) is 24.8 Å². The van der Waals surface area contributed by atoms with Gasteiger partial charge in [-0.2, -0.15) is 0 Å². The molecule has 1 aromatic heterocycles. The summed E-state index contributed by atoms with van der Waals surface area (Å²) in [5, 5.41) is 18.8. The molecule has 0 radical (unpaired) electrons. The molecule has 1 N–H and O–H groups in total. The second kappa shape index (κ2) is 7.23. The molecule has 0 atom stereocenters. The normalized spacial score (nSPS) is 20.4. The standard InChI is InChI=1S/C18H23N3O4/c1-11-18(12(2)25-20-11)13-4-9-16(17(10-13)21(22)23)19-14-5-7-15(24-3)8-6-14/h4,9-10,14-15,19H,5-8H2,1-3H3. The van der Waals surface area contributed by atoms with E-state index in [1.54, 1.807) is 19.2 Å². The molecule has 1 fully saturated rings. The molecule has 2 aromatic rings. The van der Waals surface area contributed by atoms with Crippen LogP contribution in [0.15, 0.2) is 22.7 Å². The van der Waals surface area contributed by atoms with Crippen LogP contribution in [0.5, 0.6) is 0 Å². The number of ether oxygens (including phenoxy) is 1. The Balaban J connectivity index is 1.84. The third kappa shape index (κ3) is 3.66. The maximum atomic E-state index is 11.6. The van der Waals surface area contributed by atoms with Gasteiger partial charge in [0.05, 0.1) is 16.7 Å². The summed E-state index contributed by atoms with van der Waals surface area (Å²) in [6, 6.07) is 5.48. The van der Waals surface area contributed by atoms with Gasteiger partial charge in [0.1, 0.15) is 11.4 Å². The minimum atomic E-state index is -0.342. The molecular weight excluding hydrogens is 322 g/mol. The number of rotatable bonds is 5. The van der Waals surface area contributed by atoms with Gasteiger partial charge in [-0.25, -0.2) is 0 Å². The van der Waals surface area contributed by atoms with Crippen molar-refractivity contribution >= 4 is 11.4 Å². The van der Waals surface area contributed by atoms with E-state index in [0.717, 1.165) is 42.5 Å². The van der Waals surface area contributed by atoms with E-state index in [-0.39, 0.29) is 16.7 Å². The molecule has 1 aliphatic rings. The zero-order valence-electron chi connectivity index (χ0n) is 14.7. The fourth-order valence-electron chi connectivity index (χ4n) is 3.52. The van der Waals surface area contributed by atoms with Crippen molar-refractivity contribution < 1.29 is 14.2 Å². The van der Waals surface area contributed by atoms with E-state index >= 15 is 0 Å². The second-order valence-corrected chi connectivity index (χ2v) is 6.54. The van der Waals surface area contributed by atoms with Crippen LogP contribution in [-0.4, -0.2) is 29.3 Å². The summed E-state index contributed by atoms with van der Waals surface area (Å²) >= 11 is 0. The lowest BCUT2D eigenvalue weighted by atomic mass is 9.92. The summed E-state index contributed by atoms with van der Waals surface area (Å²) in [6.07, 6.45) is 4.14. The first-order valence-electron chi connectivity index (χ1n) is 8.50. The highest BCUT2D eigenvalue weighted by atomic mass is 16.6. The summed E-state index contributed by atoms with van der Waals surface area (Å²) in [4.78, 5) is 11.2. The first-order valence-corrected chi connectivity index (χ1v) is 8.50. The van der Waals surface area contributed by atoms with E-state index < -0.39 is 0 Å². The number of nitro benzene ring substituents is 1. The predicted octanol–water partition coefficient (Wildman–Crippen LogP) is 4.24. The second-order valence-electron chi connectivity index (χ2n) is 6.54. The van der Waals surface area contributed by atoms with Crippen LogP contribution in [0.1, 0.15) is 37.1 Å². The molecule has 0 bridgehead atoms. The highest BCUT2D eigenvalue weighted by Crippen LogP contribution is 2.35. The maximum Gasteiger partial charge on any atom is 0.292 e. The smallest absolute Gasteiger partial charge is 0.292 e. The van der Waals surface area contributed by atoms with E-state index in [2.05, 4.69) is 10.5 Å². The first kappa shape index (κ1) is 17.4. The number of hydrogen-bond donors (Lipinski definition) is 1. The molecule has 0 spiro atoms. The molecule has 25 heavy (non-hydrogen) atoms. The SMILES string of the molecule is COC1CCC(Nc2ccc(-c3c(C)noc3C)cc2[N+](=O)[O-])CC1. The highest BCUT2D eigenvalue weighted by Gasteiger charge is 2.24. The third-order valence-electron chi connectivity index (χ3n) is 4.88. The van der Waals surface area contributed by atoms with E-state index in [1.807, 2.05) is 19.9 Å². The molecule has 3 rings (SSSR count). The molecule has 1 saturated carbocycles. The predicted molar refractivity (Wildman–Crippen MR) is 94.7 cm³/mol. The molecule has 1 heterocycles. The molecule has 0 unspecified atom stereocenters. The van der Waals surface area contributed by atoms with Gasteiger partial charge in [-0.05, 0) is 51.2 Å². The van der Waals surface area contributed by atoms with Crippen LogP contribution in [0.2, 0.25) is 0 Å². The Hall–Kier alpha value is -2.41. The van der Waals surface area contributed by atoms with Gasteiger partial charge < -0.3 is 14.6 Å². The number of anilines is 1. The van der Waals surface area contributed by atoms with Gasteiger partial charge in [0.15, 0.2) is 0 Å². The van der Waals surface area contributed by atoms with Crippen molar-refractivity contribution in [1.82, 2.24) is 5.16 Å². The Morgan fingerprint density at radius 3 is 2.56 bits per heavy atom. The van der Waals surface area contributed by atoms with Crippen molar-refractivity contribution in [3.05, 3.63) is 39.8 Å². The van der Waals surface area contributed by atoms with E-state index in [9.17, 15) is 10.1 Å². The fraction of sp³-hybridized carbons (Fsp3) is 0.500. The van der Waals surface area contributed by atoms with E-state index in [1.165, 1.54) is 0 Å². The van der Waals surface area contributed by atoms with Crippen LogP contribution in [0, 0.1) is 24.0 Å². The van der Waals surface area contributed by atoms with E-state index in [0.29, 0.717) is 17.6 Å². The van der Waals surface area contributed by atoms with Crippen molar-refractivity contribution in [1.29, 1.82) is 0 Å². The Bertz CT molecular complexity index is 744. The highest BCUT2D eigenvalue weighted by molar-refractivity contribution is 5.75. The number of aromatic nitrogens is 1. The lowest BCUT2D eigenvalue weighted by molar-refractivity contribution is -0.383. The Morgan fingerprint density at radius 1 is 1.28 bits per heavy atom. The molecule has 1 aliphatic carbocycles. The average molecular weight is 345 g/mol. The number of methoxy groups -OCH3 is 1. The fourth-order valence-corrected chi connectivity index (χ4v) is 3.52. The molecule has 1 aromatic carbocycles. The summed E-state index contributed by atoms with van der Waals surface area (Å²) < 4.78 is 10.6. The molecule has 134 valence electrons. The van der Waals surface area contributed by atoms with Crippen molar-refractivity contribution in [2.75, 3.05) is 12.4 Å². The van der Waals surface area contributed by atoms with Crippen molar-refractivity contribution in [3.8, 4) is 11.1 Å². The van der Waals surface area contributed by atoms with Crippen molar-refractivity contribution in [2.24, 2.45) is 0 Å². The zero-order valence-corrected chi connectivity index (χ0v) is 14.7. The minimum absolute atomic E-state index is 0.0753. The van der Waals surface area contributed by atoms with Gasteiger partial charge >= 0.3 is 0 Å². The monoisotopic (exact) mass is 345 g/mol. The number of hydrogen-bond acceptors (Lipinski definition) is 6. The topological polar surface area (TPSA) is 90.4 Å². The average Bonchev–Trinajstić information content (AvgIpc) is 2.94. The largest absolute Gasteiger partial charge is 0.381 e. The van der Waals surface area contributed by atoms with Crippen LogP contribution < -0.4 is 5.32 Å². The van der Waals surface area contributed by atoms with E-state index in [4.69, 9.17) is 9.26 Å². The Kier molecular flexibility index (Phi) is 5.03. The maximum absolute atomic E-state index is 11.6. The molecule has 0 saturated heterocycles. The van der Waals surface area contributed by atoms with Crippen LogP contribution in [0.25, 0.3) is 11.1 Å². The minimum Gasteiger partial charge on any atom is -0.381 e. The van der Waals surface area contributed by atoms with Crippen LogP contribution in [0.4, 0.5) is 11.4 Å².